The molecule has 0 aliphatic carbocycles. The van der Waals surface area contributed by atoms with Gasteiger partial charge in [-0.15, -0.1) is 0 Å². The van der Waals surface area contributed by atoms with Crippen LogP contribution < -0.4 is 5.73 Å². The van der Waals surface area contributed by atoms with Gasteiger partial charge in [0, 0.05) is 19.3 Å². The molecule has 1 aliphatic heterocycles. The number of furan rings is 1. The maximum atomic E-state index is 6.16. The van der Waals surface area contributed by atoms with Crippen molar-refractivity contribution < 1.29 is 13.9 Å². The summed E-state index contributed by atoms with van der Waals surface area (Å²) in [4.78, 5) is 0. The molecule has 0 amide bonds. The quantitative estimate of drug-likeness (QED) is 0.861. The first-order valence-corrected chi connectivity index (χ1v) is 7.22. The SMILES string of the molecule is CCC(N)C(OCC1CCOCC1)c1ccc(C)o1. The summed E-state index contributed by atoms with van der Waals surface area (Å²) in [7, 11) is 0. The van der Waals surface area contributed by atoms with Crippen molar-refractivity contribution in [2.45, 2.75) is 45.3 Å². The van der Waals surface area contributed by atoms with Gasteiger partial charge in [-0.1, -0.05) is 6.92 Å². The Kier molecular flexibility index (Phi) is 5.43. The molecule has 2 heterocycles. The third-order valence-corrected chi connectivity index (χ3v) is 3.75. The summed E-state index contributed by atoms with van der Waals surface area (Å²) >= 11 is 0. The first kappa shape index (κ1) is 14.6. The zero-order chi connectivity index (χ0) is 13.7. The van der Waals surface area contributed by atoms with Crippen molar-refractivity contribution >= 4 is 0 Å². The van der Waals surface area contributed by atoms with E-state index < -0.39 is 0 Å². The molecule has 2 rings (SSSR count). The number of rotatable bonds is 6. The second-order valence-electron chi connectivity index (χ2n) is 5.33. The lowest BCUT2D eigenvalue weighted by Crippen LogP contribution is -2.31. The third kappa shape index (κ3) is 4.06. The van der Waals surface area contributed by atoms with Gasteiger partial charge in [0.05, 0.1) is 6.61 Å². The summed E-state index contributed by atoms with van der Waals surface area (Å²) in [6.07, 6.45) is 2.89. The molecule has 0 radical (unpaired) electrons. The van der Waals surface area contributed by atoms with E-state index in [1.165, 1.54) is 0 Å². The fourth-order valence-electron chi connectivity index (χ4n) is 2.39. The van der Waals surface area contributed by atoms with Gasteiger partial charge in [0.25, 0.3) is 0 Å². The largest absolute Gasteiger partial charge is 0.464 e. The van der Waals surface area contributed by atoms with Crippen molar-refractivity contribution in [1.82, 2.24) is 0 Å². The van der Waals surface area contributed by atoms with E-state index >= 15 is 0 Å². The number of aryl methyl sites for hydroxylation is 1. The lowest BCUT2D eigenvalue weighted by molar-refractivity contribution is -0.0291. The second-order valence-corrected chi connectivity index (χ2v) is 5.33. The van der Waals surface area contributed by atoms with Gasteiger partial charge >= 0.3 is 0 Å². The predicted molar refractivity (Wildman–Crippen MR) is 73.9 cm³/mol. The zero-order valence-electron chi connectivity index (χ0n) is 11.9. The van der Waals surface area contributed by atoms with Crippen LogP contribution in [0.5, 0.6) is 0 Å². The van der Waals surface area contributed by atoms with Crippen LogP contribution in [0.25, 0.3) is 0 Å². The fraction of sp³-hybridized carbons (Fsp3) is 0.733. The summed E-state index contributed by atoms with van der Waals surface area (Å²) < 4.78 is 17.1. The Bertz CT molecular complexity index is 371. The molecule has 2 atom stereocenters. The molecule has 4 heteroatoms. The van der Waals surface area contributed by atoms with Gasteiger partial charge in [-0.3, -0.25) is 0 Å². The van der Waals surface area contributed by atoms with E-state index in [4.69, 9.17) is 19.6 Å². The van der Waals surface area contributed by atoms with E-state index in [9.17, 15) is 0 Å². The van der Waals surface area contributed by atoms with Crippen LogP contribution in [0, 0.1) is 12.8 Å². The Morgan fingerprint density at radius 3 is 2.68 bits per heavy atom. The zero-order valence-corrected chi connectivity index (χ0v) is 11.9. The van der Waals surface area contributed by atoms with E-state index in [1.807, 2.05) is 19.1 Å². The van der Waals surface area contributed by atoms with Gasteiger partial charge in [0.15, 0.2) is 0 Å². The molecule has 1 aliphatic rings. The maximum Gasteiger partial charge on any atom is 0.134 e. The average Bonchev–Trinajstić information content (AvgIpc) is 2.86. The normalized spacial score (nSPS) is 20.4. The van der Waals surface area contributed by atoms with Gasteiger partial charge in [-0.05, 0) is 44.2 Å². The van der Waals surface area contributed by atoms with Crippen LogP contribution in [-0.2, 0) is 9.47 Å². The number of nitrogens with two attached hydrogens (primary N) is 1. The van der Waals surface area contributed by atoms with E-state index in [0.29, 0.717) is 5.92 Å². The maximum absolute atomic E-state index is 6.16. The molecule has 0 aromatic carbocycles. The Balaban J connectivity index is 1.93. The molecule has 0 bridgehead atoms. The highest BCUT2D eigenvalue weighted by atomic mass is 16.5. The first-order valence-electron chi connectivity index (χ1n) is 7.22. The molecule has 0 spiro atoms. The fourth-order valence-corrected chi connectivity index (χ4v) is 2.39. The van der Waals surface area contributed by atoms with Crippen molar-refractivity contribution in [3.05, 3.63) is 23.7 Å². The highest BCUT2D eigenvalue weighted by molar-refractivity contribution is 5.10. The Morgan fingerprint density at radius 1 is 1.37 bits per heavy atom. The van der Waals surface area contributed by atoms with Crippen LogP contribution in [0.2, 0.25) is 0 Å². The van der Waals surface area contributed by atoms with Crippen LogP contribution in [0.1, 0.15) is 43.8 Å². The predicted octanol–water partition coefficient (Wildman–Crippen LogP) is 2.81. The second kappa shape index (κ2) is 7.08. The molecule has 1 saturated heterocycles. The third-order valence-electron chi connectivity index (χ3n) is 3.75. The van der Waals surface area contributed by atoms with Gasteiger partial charge in [0.1, 0.15) is 17.6 Å². The number of hydrogen-bond donors (Lipinski definition) is 1. The molecule has 1 fully saturated rings. The monoisotopic (exact) mass is 267 g/mol. The summed E-state index contributed by atoms with van der Waals surface area (Å²) in [5.41, 5.74) is 6.16. The molecule has 0 saturated carbocycles. The molecule has 2 unspecified atom stereocenters. The molecule has 19 heavy (non-hydrogen) atoms. The lowest BCUT2D eigenvalue weighted by atomic mass is 10.0. The lowest BCUT2D eigenvalue weighted by Gasteiger charge is -2.26. The molecule has 108 valence electrons. The van der Waals surface area contributed by atoms with Crippen molar-refractivity contribution in [1.29, 1.82) is 0 Å². The van der Waals surface area contributed by atoms with E-state index in [1.54, 1.807) is 0 Å². The molecule has 1 aromatic rings. The van der Waals surface area contributed by atoms with Crippen LogP contribution in [0.15, 0.2) is 16.5 Å². The molecular weight excluding hydrogens is 242 g/mol. The van der Waals surface area contributed by atoms with Crippen molar-refractivity contribution in [3.63, 3.8) is 0 Å². The first-order chi connectivity index (χ1) is 9.20. The highest BCUT2D eigenvalue weighted by Gasteiger charge is 2.24. The van der Waals surface area contributed by atoms with Crippen LogP contribution in [0.3, 0.4) is 0 Å². The van der Waals surface area contributed by atoms with Crippen molar-refractivity contribution in [2.24, 2.45) is 11.7 Å². The molecule has 1 aromatic heterocycles. The minimum absolute atomic E-state index is 0.0228. The number of hydrogen-bond acceptors (Lipinski definition) is 4. The molecular formula is C15H25NO3. The Morgan fingerprint density at radius 2 is 2.11 bits per heavy atom. The average molecular weight is 267 g/mol. The standard InChI is InChI=1S/C15H25NO3/c1-3-13(16)15(14-5-4-11(2)19-14)18-10-12-6-8-17-9-7-12/h4-5,12-13,15H,3,6-10,16H2,1-2H3. The van der Waals surface area contributed by atoms with Crippen LogP contribution in [0.4, 0.5) is 0 Å². The highest BCUT2D eigenvalue weighted by Crippen LogP contribution is 2.26. The van der Waals surface area contributed by atoms with Gasteiger partial charge in [-0.2, -0.15) is 0 Å². The molecule has 4 nitrogen and oxygen atoms in total. The van der Waals surface area contributed by atoms with Gasteiger partial charge in [0.2, 0.25) is 0 Å². The molecule has 2 N–H and O–H groups in total. The summed E-state index contributed by atoms with van der Waals surface area (Å²) in [5, 5.41) is 0. The van der Waals surface area contributed by atoms with Crippen LogP contribution in [-0.4, -0.2) is 25.9 Å². The Hall–Kier alpha value is -0.840. The topological polar surface area (TPSA) is 57.6 Å². The van der Waals surface area contributed by atoms with E-state index in [0.717, 1.165) is 50.6 Å². The van der Waals surface area contributed by atoms with Gasteiger partial charge in [-0.25, -0.2) is 0 Å². The van der Waals surface area contributed by atoms with Crippen LogP contribution >= 0.6 is 0 Å². The number of ether oxygens (including phenoxy) is 2. The minimum Gasteiger partial charge on any atom is -0.464 e. The minimum atomic E-state index is -0.137. The van der Waals surface area contributed by atoms with Gasteiger partial charge < -0.3 is 19.6 Å². The summed E-state index contributed by atoms with van der Waals surface area (Å²) in [5.74, 6) is 2.33. The summed E-state index contributed by atoms with van der Waals surface area (Å²) in [6, 6.07) is 3.91. The van der Waals surface area contributed by atoms with Crippen molar-refractivity contribution in [3.8, 4) is 0 Å². The van der Waals surface area contributed by atoms with E-state index in [2.05, 4.69) is 6.92 Å². The smallest absolute Gasteiger partial charge is 0.134 e. The van der Waals surface area contributed by atoms with E-state index in [-0.39, 0.29) is 12.1 Å². The Labute approximate surface area is 115 Å². The van der Waals surface area contributed by atoms with Crippen molar-refractivity contribution in [2.75, 3.05) is 19.8 Å². The summed E-state index contributed by atoms with van der Waals surface area (Å²) in [6.45, 7) is 6.44.